The fourth-order valence-electron chi connectivity index (χ4n) is 3.84. The number of benzene rings is 3. The summed E-state index contributed by atoms with van der Waals surface area (Å²) in [5, 5.41) is 6.23. The molecule has 0 fully saturated rings. The van der Waals surface area contributed by atoms with Gasteiger partial charge in [-0.25, -0.2) is 13.8 Å². The monoisotopic (exact) mass is 574 g/mol. The van der Waals surface area contributed by atoms with Gasteiger partial charge in [-0.1, -0.05) is 59.7 Å². The Bertz CT molecular complexity index is 1650. The van der Waals surface area contributed by atoms with Crippen LogP contribution in [0.5, 0.6) is 5.75 Å². The molecule has 4 rings (SSSR count). The minimum absolute atomic E-state index is 0.0361. The van der Waals surface area contributed by atoms with Gasteiger partial charge in [-0.2, -0.15) is 9.41 Å². The minimum Gasteiger partial charge on any atom is -0.495 e. The van der Waals surface area contributed by atoms with Crippen molar-refractivity contribution in [3.8, 4) is 5.75 Å². The molecule has 1 aromatic heterocycles. The van der Waals surface area contributed by atoms with E-state index in [1.54, 1.807) is 60.7 Å². The molecule has 0 aliphatic rings. The first-order valence-electron chi connectivity index (χ1n) is 12.6. The van der Waals surface area contributed by atoms with E-state index in [0.717, 1.165) is 16.7 Å². The number of anilines is 1. The second-order valence-electron chi connectivity index (χ2n) is 9.23. The highest BCUT2D eigenvalue weighted by molar-refractivity contribution is 7.89. The average Bonchev–Trinajstić information content (AvgIpc) is 3.41. The zero-order valence-corrected chi connectivity index (χ0v) is 23.6. The van der Waals surface area contributed by atoms with E-state index in [1.165, 1.54) is 17.6 Å². The van der Waals surface area contributed by atoms with E-state index in [9.17, 15) is 18.0 Å². The van der Waals surface area contributed by atoms with E-state index in [2.05, 4.69) is 15.8 Å². The van der Waals surface area contributed by atoms with Gasteiger partial charge in [0, 0.05) is 6.54 Å². The van der Waals surface area contributed by atoms with Crippen LogP contribution < -0.4 is 15.5 Å². The molecule has 0 radical (unpaired) electrons. The van der Waals surface area contributed by atoms with Crippen LogP contribution in [0, 0.1) is 13.8 Å². The molecule has 10 nitrogen and oxygen atoms in total. The van der Waals surface area contributed by atoms with Crippen LogP contribution in [0.4, 0.5) is 5.69 Å². The molecule has 0 aliphatic carbocycles. The number of ether oxygens (including phenoxy) is 1. The Labute approximate surface area is 238 Å². The Hall–Kier alpha value is -4.74. The molecular weight excluding hydrogens is 544 g/mol. The van der Waals surface area contributed by atoms with Gasteiger partial charge in [0.1, 0.15) is 17.3 Å². The SMILES string of the molecule is COc1ccccc1NC(=O)C(=O)N/N=C/c1ccc(CN(Cc2ccc(C)cc2)S(=O)(=O)c2ccc(C)cc2)o1. The molecule has 2 N–H and O–H groups in total. The molecule has 0 unspecified atom stereocenters. The molecule has 2 amide bonds. The van der Waals surface area contributed by atoms with Crippen LogP contribution >= 0.6 is 0 Å². The Morgan fingerprint density at radius 3 is 2.22 bits per heavy atom. The van der Waals surface area contributed by atoms with Crippen LogP contribution in [0.25, 0.3) is 0 Å². The number of aryl methyl sites for hydroxylation is 2. The first kappa shape index (κ1) is 29.2. The fourth-order valence-corrected chi connectivity index (χ4v) is 5.23. The van der Waals surface area contributed by atoms with Crippen LogP contribution in [0.2, 0.25) is 0 Å². The highest BCUT2D eigenvalue weighted by Crippen LogP contribution is 2.24. The maximum Gasteiger partial charge on any atom is 0.329 e. The molecule has 0 spiro atoms. The number of amides is 2. The number of sulfonamides is 1. The summed E-state index contributed by atoms with van der Waals surface area (Å²) in [5.74, 6) is -0.892. The number of nitrogens with zero attached hydrogens (tertiary/aromatic N) is 2. The minimum atomic E-state index is -3.85. The van der Waals surface area contributed by atoms with Crippen LogP contribution in [-0.4, -0.2) is 37.9 Å². The molecule has 4 aromatic rings. The van der Waals surface area contributed by atoms with Crippen molar-refractivity contribution in [3.05, 3.63) is 113 Å². The number of rotatable bonds is 10. The summed E-state index contributed by atoms with van der Waals surface area (Å²) >= 11 is 0. The molecule has 212 valence electrons. The van der Waals surface area contributed by atoms with Crippen LogP contribution in [0.3, 0.4) is 0 Å². The largest absolute Gasteiger partial charge is 0.495 e. The summed E-state index contributed by atoms with van der Waals surface area (Å²) in [4.78, 5) is 24.6. The number of methoxy groups -OCH3 is 1. The van der Waals surface area contributed by atoms with E-state index in [4.69, 9.17) is 9.15 Å². The molecular formula is C30H30N4O6S. The molecule has 3 aromatic carbocycles. The number of nitrogens with one attached hydrogen (secondary N) is 2. The van der Waals surface area contributed by atoms with Gasteiger partial charge in [-0.15, -0.1) is 0 Å². The summed E-state index contributed by atoms with van der Waals surface area (Å²) in [7, 11) is -2.40. The second kappa shape index (κ2) is 13.1. The number of carbonyl (C=O) groups is 2. The Morgan fingerprint density at radius 1 is 0.878 bits per heavy atom. The summed E-state index contributed by atoms with van der Waals surface area (Å²) < 4.78 is 39.4. The van der Waals surface area contributed by atoms with Crippen LogP contribution in [0.1, 0.15) is 28.2 Å². The van der Waals surface area contributed by atoms with Crippen molar-refractivity contribution in [1.82, 2.24) is 9.73 Å². The fraction of sp³-hybridized carbons (Fsp3) is 0.167. The number of furan rings is 1. The third-order valence-electron chi connectivity index (χ3n) is 6.07. The molecule has 0 saturated heterocycles. The lowest BCUT2D eigenvalue weighted by Crippen LogP contribution is -2.32. The number of hydrogen-bond donors (Lipinski definition) is 2. The highest BCUT2D eigenvalue weighted by Gasteiger charge is 2.26. The quantitative estimate of drug-likeness (QED) is 0.164. The van der Waals surface area contributed by atoms with E-state index in [1.807, 2.05) is 38.1 Å². The zero-order chi connectivity index (χ0) is 29.4. The van der Waals surface area contributed by atoms with E-state index < -0.39 is 21.8 Å². The lowest BCUT2D eigenvalue weighted by atomic mass is 10.1. The number of carbonyl (C=O) groups excluding carboxylic acids is 2. The van der Waals surface area contributed by atoms with Crippen molar-refractivity contribution >= 4 is 33.7 Å². The molecule has 0 bridgehead atoms. The molecule has 0 saturated carbocycles. The van der Waals surface area contributed by atoms with Crippen LogP contribution in [-0.2, 0) is 32.7 Å². The number of hydrazone groups is 1. The van der Waals surface area contributed by atoms with Crippen molar-refractivity contribution in [2.24, 2.45) is 5.10 Å². The van der Waals surface area contributed by atoms with E-state index in [-0.39, 0.29) is 23.7 Å². The molecule has 41 heavy (non-hydrogen) atoms. The third kappa shape index (κ3) is 7.68. The maximum atomic E-state index is 13.6. The van der Waals surface area contributed by atoms with Crippen molar-refractivity contribution in [2.45, 2.75) is 31.8 Å². The average molecular weight is 575 g/mol. The normalized spacial score (nSPS) is 11.5. The first-order chi connectivity index (χ1) is 19.7. The standard InChI is InChI=1S/C30H30N4O6S/c1-21-8-12-23(13-9-21)19-34(41(37,38)26-16-10-22(2)11-17-26)20-25-15-14-24(40-25)18-31-33-30(36)29(35)32-27-6-4-5-7-28(27)39-3/h4-18H,19-20H2,1-3H3,(H,32,35)(H,33,36)/b31-18+. The van der Waals surface area contributed by atoms with Crippen molar-refractivity contribution < 1.29 is 27.2 Å². The Morgan fingerprint density at radius 2 is 1.54 bits per heavy atom. The summed E-state index contributed by atoms with van der Waals surface area (Å²) in [6, 6.07) is 24.2. The van der Waals surface area contributed by atoms with Gasteiger partial charge in [-0.05, 0) is 55.8 Å². The number of hydrogen-bond acceptors (Lipinski definition) is 7. The van der Waals surface area contributed by atoms with Crippen molar-refractivity contribution in [2.75, 3.05) is 12.4 Å². The lowest BCUT2D eigenvalue weighted by Gasteiger charge is -2.21. The van der Waals surface area contributed by atoms with Gasteiger partial charge in [-0.3, -0.25) is 9.59 Å². The van der Waals surface area contributed by atoms with Gasteiger partial charge in [0.15, 0.2) is 0 Å². The Kier molecular flexibility index (Phi) is 9.33. The van der Waals surface area contributed by atoms with E-state index >= 15 is 0 Å². The smallest absolute Gasteiger partial charge is 0.329 e. The summed E-state index contributed by atoms with van der Waals surface area (Å²) in [5.41, 5.74) is 5.33. The highest BCUT2D eigenvalue weighted by atomic mass is 32.2. The van der Waals surface area contributed by atoms with Gasteiger partial charge in [0.05, 0.1) is 30.5 Å². The first-order valence-corrected chi connectivity index (χ1v) is 14.1. The maximum absolute atomic E-state index is 13.6. The summed E-state index contributed by atoms with van der Waals surface area (Å²) in [6.07, 6.45) is 1.22. The van der Waals surface area contributed by atoms with Gasteiger partial charge in [0.25, 0.3) is 0 Å². The molecule has 11 heteroatoms. The van der Waals surface area contributed by atoms with Crippen LogP contribution in [0.15, 0.2) is 99.3 Å². The summed E-state index contributed by atoms with van der Waals surface area (Å²) in [6.45, 7) is 3.96. The second-order valence-corrected chi connectivity index (χ2v) is 11.2. The lowest BCUT2D eigenvalue weighted by molar-refractivity contribution is -0.136. The number of para-hydroxylation sites is 2. The Balaban J connectivity index is 1.44. The molecule has 0 aliphatic heterocycles. The zero-order valence-electron chi connectivity index (χ0n) is 22.8. The van der Waals surface area contributed by atoms with Gasteiger partial charge < -0.3 is 14.5 Å². The predicted octanol–water partition coefficient (Wildman–Crippen LogP) is 4.38. The molecule has 1 heterocycles. The van der Waals surface area contributed by atoms with E-state index in [0.29, 0.717) is 17.2 Å². The van der Waals surface area contributed by atoms with Crippen molar-refractivity contribution in [3.63, 3.8) is 0 Å². The predicted molar refractivity (Wildman–Crippen MR) is 155 cm³/mol. The molecule has 0 atom stereocenters. The van der Waals surface area contributed by atoms with Gasteiger partial charge >= 0.3 is 11.8 Å². The topological polar surface area (TPSA) is 130 Å². The van der Waals surface area contributed by atoms with Crippen molar-refractivity contribution in [1.29, 1.82) is 0 Å². The van der Waals surface area contributed by atoms with Gasteiger partial charge in [0.2, 0.25) is 10.0 Å². The third-order valence-corrected chi connectivity index (χ3v) is 7.88.